The van der Waals surface area contributed by atoms with Gasteiger partial charge >= 0.3 is 5.97 Å². The van der Waals surface area contributed by atoms with Gasteiger partial charge in [0.2, 0.25) is 5.88 Å². The van der Waals surface area contributed by atoms with E-state index in [-0.39, 0.29) is 5.56 Å². The molecule has 2 aromatic carbocycles. The molecule has 0 aliphatic heterocycles. The Hall–Kier alpha value is -3.54. The summed E-state index contributed by atoms with van der Waals surface area (Å²) in [4.78, 5) is 15.6. The number of methoxy groups -OCH3 is 2. The number of pyridine rings is 1. The van der Waals surface area contributed by atoms with Crippen molar-refractivity contribution in [2.45, 2.75) is 6.42 Å². The summed E-state index contributed by atoms with van der Waals surface area (Å²) in [6.07, 6.45) is 0.626. The third-order valence-electron chi connectivity index (χ3n) is 4.23. The summed E-state index contributed by atoms with van der Waals surface area (Å²) in [5.41, 5.74) is 2.57. The summed E-state index contributed by atoms with van der Waals surface area (Å²) in [7, 11) is 3.21. The molecule has 1 heterocycles. The minimum absolute atomic E-state index is 0.218. The number of nitrogens with zero attached hydrogens (tertiary/aromatic N) is 1. The first-order valence-electron chi connectivity index (χ1n) is 8.76. The summed E-state index contributed by atoms with van der Waals surface area (Å²) in [6.45, 7) is 0.412. The Balaban J connectivity index is 1.71. The van der Waals surface area contributed by atoms with Gasteiger partial charge in [-0.3, -0.25) is 0 Å². The molecule has 0 spiro atoms. The highest BCUT2D eigenvalue weighted by Crippen LogP contribution is 2.31. The molecule has 3 aromatic rings. The number of carboxylic acids is 1. The van der Waals surface area contributed by atoms with Crippen molar-refractivity contribution >= 4 is 5.97 Å². The van der Waals surface area contributed by atoms with Crippen LogP contribution in [-0.2, 0) is 6.42 Å². The van der Waals surface area contributed by atoms with Gasteiger partial charge in [0.25, 0.3) is 0 Å². The van der Waals surface area contributed by atoms with Gasteiger partial charge in [-0.2, -0.15) is 0 Å². The number of rotatable bonds is 8. The van der Waals surface area contributed by atoms with Crippen LogP contribution in [0.4, 0.5) is 0 Å². The van der Waals surface area contributed by atoms with Gasteiger partial charge in [-0.15, -0.1) is 0 Å². The molecule has 0 saturated heterocycles. The van der Waals surface area contributed by atoms with Gasteiger partial charge in [0, 0.05) is 23.6 Å². The van der Waals surface area contributed by atoms with Gasteiger partial charge in [0.1, 0.15) is 0 Å². The van der Waals surface area contributed by atoms with Crippen LogP contribution in [0.3, 0.4) is 0 Å². The van der Waals surface area contributed by atoms with Crippen LogP contribution in [-0.4, -0.2) is 36.9 Å². The summed E-state index contributed by atoms with van der Waals surface area (Å²) in [5, 5.41) is 9.15. The second-order valence-corrected chi connectivity index (χ2v) is 6.00. The maximum atomic E-state index is 11.2. The van der Waals surface area contributed by atoms with E-state index in [2.05, 4.69) is 4.98 Å². The molecule has 3 rings (SSSR count). The molecule has 144 valence electrons. The van der Waals surface area contributed by atoms with Crippen LogP contribution in [0, 0.1) is 0 Å². The van der Waals surface area contributed by atoms with Crippen molar-refractivity contribution in [2.24, 2.45) is 0 Å². The molecule has 6 nitrogen and oxygen atoms in total. The van der Waals surface area contributed by atoms with Gasteiger partial charge in [-0.05, 0) is 24.3 Å². The van der Waals surface area contributed by atoms with Crippen LogP contribution in [0.5, 0.6) is 17.4 Å². The summed E-state index contributed by atoms with van der Waals surface area (Å²) in [5.74, 6) is 0.876. The number of benzene rings is 2. The first-order valence-corrected chi connectivity index (χ1v) is 8.76. The maximum absolute atomic E-state index is 11.2. The number of carbonyl (C=O) groups is 1. The van der Waals surface area contributed by atoms with E-state index in [9.17, 15) is 4.79 Å². The second kappa shape index (κ2) is 8.90. The largest absolute Gasteiger partial charge is 0.493 e. The number of aromatic nitrogens is 1. The molecule has 1 aromatic heterocycles. The van der Waals surface area contributed by atoms with Crippen molar-refractivity contribution in [3.8, 4) is 28.6 Å². The predicted octanol–water partition coefficient (Wildman–Crippen LogP) is 4.09. The number of hydrogen-bond donors (Lipinski definition) is 1. The predicted molar refractivity (Wildman–Crippen MR) is 105 cm³/mol. The third kappa shape index (κ3) is 4.40. The number of aromatic carboxylic acids is 1. The zero-order valence-corrected chi connectivity index (χ0v) is 15.7. The van der Waals surface area contributed by atoms with E-state index < -0.39 is 5.97 Å². The molecule has 0 aliphatic carbocycles. The lowest BCUT2D eigenvalue weighted by Gasteiger charge is -2.13. The lowest BCUT2D eigenvalue weighted by atomic mass is 10.1. The molecule has 0 saturated carbocycles. The Morgan fingerprint density at radius 2 is 1.79 bits per heavy atom. The average molecular weight is 379 g/mol. The molecule has 6 heteroatoms. The van der Waals surface area contributed by atoms with Gasteiger partial charge < -0.3 is 19.3 Å². The van der Waals surface area contributed by atoms with Crippen molar-refractivity contribution in [1.29, 1.82) is 0 Å². The molecule has 0 fully saturated rings. The Bertz CT molecular complexity index is 971. The summed E-state index contributed by atoms with van der Waals surface area (Å²) in [6, 6.07) is 17.8. The lowest BCUT2D eigenvalue weighted by molar-refractivity contribution is 0.0697. The highest BCUT2D eigenvalue weighted by molar-refractivity contribution is 5.89. The second-order valence-electron chi connectivity index (χ2n) is 6.00. The quantitative estimate of drug-likeness (QED) is 0.635. The van der Waals surface area contributed by atoms with Crippen molar-refractivity contribution in [1.82, 2.24) is 4.98 Å². The van der Waals surface area contributed by atoms with E-state index in [1.54, 1.807) is 38.5 Å². The Morgan fingerprint density at radius 3 is 2.54 bits per heavy atom. The Kier molecular flexibility index (Phi) is 6.11. The molecule has 28 heavy (non-hydrogen) atoms. The molecule has 0 bridgehead atoms. The van der Waals surface area contributed by atoms with Crippen LogP contribution in [0.25, 0.3) is 11.3 Å². The Morgan fingerprint density at radius 1 is 1.00 bits per heavy atom. The zero-order chi connectivity index (χ0) is 19.9. The van der Waals surface area contributed by atoms with Crippen molar-refractivity contribution in [2.75, 3.05) is 20.8 Å². The van der Waals surface area contributed by atoms with E-state index in [4.69, 9.17) is 19.3 Å². The van der Waals surface area contributed by atoms with Gasteiger partial charge in [-0.25, -0.2) is 9.78 Å². The fraction of sp³-hybridized carbons (Fsp3) is 0.182. The number of carboxylic acid groups (broad SMARTS) is 1. The zero-order valence-electron chi connectivity index (χ0n) is 15.7. The monoisotopic (exact) mass is 379 g/mol. The number of hydrogen-bond acceptors (Lipinski definition) is 5. The van der Waals surface area contributed by atoms with E-state index in [1.165, 1.54) is 0 Å². The highest BCUT2D eigenvalue weighted by atomic mass is 16.5. The topological polar surface area (TPSA) is 77.9 Å². The first kappa shape index (κ1) is 19.2. The van der Waals surface area contributed by atoms with E-state index in [0.717, 1.165) is 11.1 Å². The average Bonchev–Trinajstić information content (AvgIpc) is 2.73. The Labute approximate surface area is 163 Å². The standard InChI is InChI=1S/C22H21NO5/c1-26-19-10-4-6-15(21(19)27-2)12-13-28-20-11-5-9-18(23-20)16-7-3-8-17(14-16)22(24)25/h3-11,14H,12-13H2,1-2H3,(H,24,25). The van der Waals surface area contributed by atoms with Crippen molar-refractivity contribution < 1.29 is 24.1 Å². The molecular weight excluding hydrogens is 358 g/mol. The van der Waals surface area contributed by atoms with Crippen LogP contribution in [0.1, 0.15) is 15.9 Å². The fourth-order valence-corrected chi connectivity index (χ4v) is 2.88. The number of ether oxygens (including phenoxy) is 3. The summed E-state index contributed by atoms with van der Waals surface area (Å²) < 4.78 is 16.5. The van der Waals surface area contributed by atoms with Crippen LogP contribution >= 0.6 is 0 Å². The van der Waals surface area contributed by atoms with Gasteiger partial charge in [0.05, 0.1) is 32.1 Å². The minimum atomic E-state index is -0.971. The molecule has 0 radical (unpaired) electrons. The maximum Gasteiger partial charge on any atom is 0.335 e. The van der Waals surface area contributed by atoms with Gasteiger partial charge in [0.15, 0.2) is 11.5 Å². The van der Waals surface area contributed by atoms with Crippen molar-refractivity contribution in [3.05, 3.63) is 71.8 Å². The van der Waals surface area contributed by atoms with Gasteiger partial charge in [-0.1, -0.05) is 30.3 Å². The fourth-order valence-electron chi connectivity index (χ4n) is 2.88. The van der Waals surface area contributed by atoms with Crippen LogP contribution in [0.15, 0.2) is 60.7 Å². The van der Waals surface area contributed by atoms with Crippen LogP contribution in [0.2, 0.25) is 0 Å². The molecule has 0 aliphatic rings. The highest BCUT2D eigenvalue weighted by Gasteiger charge is 2.10. The van der Waals surface area contributed by atoms with E-state index in [1.807, 2.05) is 36.4 Å². The number of para-hydroxylation sites is 1. The smallest absolute Gasteiger partial charge is 0.335 e. The first-order chi connectivity index (χ1) is 13.6. The van der Waals surface area contributed by atoms with Crippen LogP contribution < -0.4 is 14.2 Å². The minimum Gasteiger partial charge on any atom is -0.493 e. The molecule has 0 unspecified atom stereocenters. The summed E-state index contributed by atoms with van der Waals surface area (Å²) >= 11 is 0. The van der Waals surface area contributed by atoms with Crippen molar-refractivity contribution in [3.63, 3.8) is 0 Å². The molecule has 0 amide bonds. The molecular formula is C22H21NO5. The normalized spacial score (nSPS) is 10.4. The SMILES string of the molecule is COc1cccc(CCOc2cccc(-c3cccc(C(=O)O)c3)n2)c1OC. The third-order valence-corrected chi connectivity index (χ3v) is 4.23. The van der Waals surface area contributed by atoms with E-state index in [0.29, 0.717) is 36.1 Å². The lowest BCUT2D eigenvalue weighted by Crippen LogP contribution is -2.05. The molecule has 1 N–H and O–H groups in total. The van der Waals surface area contributed by atoms with E-state index >= 15 is 0 Å². The molecule has 0 atom stereocenters.